The van der Waals surface area contributed by atoms with Crippen LogP contribution in [0.2, 0.25) is 15.1 Å². The zero-order chi connectivity index (χ0) is 14.9. The van der Waals surface area contributed by atoms with Gasteiger partial charge in [-0.15, -0.1) is 0 Å². The van der Waals surface area contributed by atoms with Crippen molar-refractivity contribution in [3.8, 4) is 0 Å². The van der Waals surface area contributed by atoms with Crippen molar-refractivity contribution in [2.24, 2.45) is 0 Å². The van der Waals surface area contributed by atoms with Gasteiger partial charge in [-0.1, -0.05) is 34.8 Å². The van der Waals surface area contributed by atoms with Gasteiger partial charge in [0.25, 0.3) is 0 Å². The lowest BCUT2D eigenvalue weighted by Gasteiger charge is -2.30. The molecule has 0 aromatic heterocycles. The van der Waals surface area contributed by atoms with Crippen LogP contribution < -0.4 is 10.0 Å². The smallest absolute Gasteiger partial charge is 0.243 e. The molecule has 8 heteroatoms. The highest BCUT2D eigenvalue weighted by Gasteiger charge is 2.29. The molecule has 0 spiro atoms. The summed E-state index contributed by atoms with van der Waals surface area (Å²) in [7, 11) is -3.78. The van der Waals surface area contributed by atoms with Gasteiger partial charge in [0.05, 0.1) is 10.0 Å². The second-order valence-electron chi connectivity index (χ2n) is 4.81. The maximum absolute atomic E-state index is 12.4. The van der Waals surface area contributed by atoms with E-state index in [9.17, 15) is 8.42 Å². The second kappa shape index (κ2) is 6.38. The number of benzene rings is 1. The highest BCUT2D eigenvalue weighted by molar-refractivity contribution is 7.89. The first-order valence-electron chi connectivity index (χ1n) is 6.21. The third kappa shape index (κ3) is 3.59. The van der Waals surface area contributed by atoms with Crippen LogP contribution in [-0.2, 0) is 10.0 Å². The Labute approximate surface area is 133 Å². The van der Waals surface area contributed by atoms with E-state index in [-0.39, 0.29) is 27.0 Å². The van der Waals surface area contributed by atoms with Crippen molar-refractivity contribution >= 4 is 44.8 Å². The van der Waals surface area contributed by atoms with E-state index in [0.29, 0.717) is 5.02 Å². The topological polar surface area (TPSA) is 58.2 Å². The molecule has 1 heterocycles. The number of sulfonamides is 1. The fourth-order valence-electron chi connectivity index (χ4n) is 2.25. The summed E-state index contributed by atoms with van der Waals surface area (Å²) in [6, 6.07) is 2.61. The number of piperidine rings is 1. The first kappa shape index (κ1) is 16.3. The van der Waals surface area contributed by atoms with Gasteiger partial charge in [-0.2, -0.15) is 0 Å². The monoisotopic (exact) mass is 356 g/mol. The van der Waals surface area contributed by atoms with Crippen molar-refractivity contribution in [3.05, 3.63) is 27.2 Å². The van der Waals surface area contributed by atoms with Gasteiger partial charge >= 0.3 is 0 Å². The molecule has 0 aliphatic carbocycles. The zero-order valence-electron chi connectivity index (χ0n) is 10.8. The van der Waals surface area contributed by atoms with E-state index in [2.05, 4.69) is 10.0 Å². The van der Waals surface area contributed by atoms with Crippen molar-refractivity contribution < 1.29 is 8.42 Å². The van der Waals surface area contributed by atoms with E-state index >= 15 is 0 Å². The SMILES string of the molecule is CC1NCCCC1NS(=O)(=O)c1c(Cl)cc(Cl)cc1Cl. The Morgan fingerprint density at radius 1 is 1.25 bits per heavy atom. The molecule has 20 heavy (non-hydrogen) atoms. The molecule has 4 nitrogen and oxygen atoms in total. The Morgan fingerprint density at radius 2 is 1.85 bits per heavy atom. The van der Waals surface area contributed by atoms with Crippen LogP contribution in [0.15, 0.2) is 17.0 Å². The Balaban J connectivity index is 2.31. The van der Waals surface area contributed by atoms with Gasteiger partial charge in [0.2, 0.25) is 10.0 Å². The van der Waals surface area contributed by atoms with E-state index < -0.39 is 10.0 Å². The average Bonchev–Trinajstić information content (AvgIpc) is 2.30. The van der Waals surface area contributed by atoms with Crippen LogP contribution in [0.5, 0.6) is 0 Å². The van der Waals surface area contributed by atoms with Crippen molar-refractivity contribution in [2.75, 3.05) is 6.54 Å². The molecule has 2 rings (SSSR count). The number of hydrogen-bond acceptors (Lipinski definition) is 3. The summed E-state index contributed by atoms with van der Waals surface area (Å²) in [5.74, 6) is 0. The van der Waals surface area contributed by atoms with Gasteiger partial charge in [0.15, 0.2) is 0 Å². The molecule has 0 saturated carbocycles. The highest BCUT2D eigenvalue weighted by atomic mass is 35.5. The molecule has 0 radical (unpaired) electrons. The van der Waals surface area contributed by atoms with Crippen LogP contribution >= 0.6 is 34.8 Å². The summed E-state index contributed by atoms with van der Waals surface area (Å²) in [6.45, 7) is 2.83. The van der Waals surface area contributed by atoms with Crippen molar-refractivity contribution in [3.63, 3.8) is 0 Å². The van der Waals surface area contributed by atoms with E-state index in [1.165, 1.54) is 12.1 Å². The summed E-state index contributed by atoms with van der Waals surface area (Å²) in [4.78, 5) is -0.122. The van der Waals surface area contributed by atoms with Crippen LogP contribution in [0.25, 0.3) is 0 Å². The average molecular weight is 358 g/mol. The highest BCUT2D eigenvalue weighted by Crippen LogP contribution is 2.33. The minimum absolute atomic E-state index is 0.0198. The quantitative estimate of drug-likeness (QED) is 0.874. The molecule has 2 atom stereocenters. The van der Waals surface area contributed by atoms with Crippen molar-refractivity contribution in [1.82, 2.24) is 10.0 Å². The van der Waals surface area contributed by atoms with Gasteiger partial charge in [-0.05, 0) is 38.4 Å². The number of halogens is 3. The summed E-state index contributed by atoms with van der Waals surface area (Å²) in [5, 5.41) is 3.57. The Bertz CT molecular complexity index is 584. The molecule has 1 fully saturated rings. The number of hydrogen-bond donors (Lipinski definition) is 2. The maximum Gasteiger partial charge on any atom is 0.243 e. The van der Waals surface area contributed by atoms with Crippen LogP contribution in [0.1, 0.15) is 19.8 Å². The normalized spacial score (nSPS) is 23.8. The first-order chi connectivity index (χ1) is 9.31. The lowest BCUT2D eigenvalue weighted by molar-refractivity contribution is 0.349. The van der Waals surface area contributed by atoms with Crippen LogP contribution in [-0.4, -0.2) is 27.0 Å². The predicted molar refractivity (Wildman–Crippen MR) is 82.3 cm³/mol. The van der Waals surface area contributed by atoms with Crippen molar-refractivity contribution in [1.29, 1.82) is 0 Å². The standard InChI is InChI=1S/C12H15Cl3N2O2S/c1-7-11(3-2-4-16-7)17-20(18,19)12-9(14)5-8(13)6-10(12)15/h5-7,11,16-17H,2-4H2,1H3. The molecule has 2 N–H and O–H groups in total. The zero-order valence-corrected chi connectivity index (χ0v) is 13.9. The second-order valence-corrected chi connectivity index (χ2v) is 7.71. The summed E-state index contributed by atoms with van der Waals surface area (Å²) < 4.78 is 27.6. The molecule has 0 bridgehead atoms. The Kier molecular flexibility index (Phi) is 5.21. The lowest BCUT2D eigenvalue weighted by Crippen LogP contribution is -2.51. The van der Waals surface area contributed by atoms with E-state index in [1.807, 2.05) is 6.92 Å². The van der Waals surface area contributed by atoms with Crippen molar-refractivity contribution in [2.45, 2.75) is 36.7 Å². The van der Waals surface area contributed by atoms with Gasteiger partial charge < -0.3 is 5.32 Å². The molecule has 1 aromatic rings. The molecular weight excluding hydrogens is 343 g/mol. The molecule has 2 unspecified atom stereocenters. The Morgan fingerprint density at radius 3 is 2.40 bits per heavy atom. The molecule has 1 aliphatic rings. The van der Waals surface area contributed by atoms with Gasteiger partial charge in [-0.25, -0.2) is 13.1 Å². The largest absolute Gasteiger partial charge is 0.313 e. The molecule has 1 aromatic carbocycles. The van der Waals surface area contributed by atoms with Crippen LogP contribution in [0, 0.1) is 0 Å². The summed E-state index contributed by atoms with van der Waals surface area (Å²) in [6.07, 6.45) is 1.69. The number of nitrogens with one attached hydrogen (secondary N) is 2. The van der Waals surface area contributed by atoms with Gasteiger partial charge in [0, 0.05) is 17.1 Å². The molecular formula is C12H15Cl3N2O2S. The van der Waals surface area contributed by atoms with Crippen LogP contribution in [0.3, 0.4) is 0 Å². The Hall–Kier alpha value is -0.0400. The third-order valence-electron chi connectivity index (χ3n) is 3.30. The molecule has 112 valence electrons. The fraction of sp³-hybridized carbons (Fsp3) is 0.500. The third-order valence-corrected chi connectivity index (χ3v) is 5.93. The van der Waals surface area contributed by atoms with E-state index in [1.54, 1.807) is 0 Å². The minimum Gasteiger partial charge on any atom is -0.313 e. The molecule has 1 saturated heterocycles. The summed E-state index contributed by atoms with van der Waals surface area (Å²) >= 11 is 17.7. The minimum atomic E-state index is -3.78. The first-order valence-corrected chi connectivity index (χ1v) is 8.83. The van der Waals surface area contributed by atoms with Crippen LogP contribution in [0.4, 0.5) is 0 Å². The lowest BCUT2D eigenvalue weighted by atomic mass is 10.0. The van der Waals surface area contributed by atoms with Gasteiger partial charge in [0.1, 0.15) is 4.90 Å². The van der Waals surface area contributed by atoms with E-state index in [0.717, 1.165) is 19.4 Å². The fourth-order valence-corrected chi connectivity index (χ4v) is 5.14. The number of rotatable bonds is 3. The molecule has 1 aliphatic heterocycles. The predicted octanol–water partition coefficient (Wildman–Crippen LogP) is 3.07. The summed E-state index contributed by atoms with van der Waals surface area (Å²) in [5.41, 5.74) is 0. The van der Waals surface area contributed by atoms with E-state index in [4.69, 9.17) is 34.8 Å². The van der Waals surface area contributed by atoms with Gasteiger partial charge in [-0.3, -0.25) is 0 Å². The molecule has 0 amide bonds. The maximum atomic E-state index is 12.4.